The summed E-state index contributed by atoms with van der Waals surface area (Å²) in [7, 11) is 1.78. The van der Waals surface area contributed by atoms with Gasteiger partial charge in [-0.2, -0.15) is 0 Å². The third-order valence-electron chi connectivity index (χ3n) is 4.24. The fraction of sp³-hybridized carbons (Fsp3) is 0.143. The average Bonchev–Trinajstić information content (AvgIpc) is 3.15. The van der Waals surface area contributed by atoms with Crippen LogP contribution in [-0.4, -0.2) is 22.8 Å². The molecule has 2 aromatic heterocycles. The van der Waals surface area contributed by atoms with Crippen molar-refractivity contribution in [1.29, 1.82) is 0 Å². The van der Waals surface area contributed by atoms with E-state index in [1.165, 1.54) is 12.1 Å². The number of carbonyl (C=O) groups is 1. The lowest BCUT2D eigenvalue weighted by atomic mass is 10.1. The normalized spacial score (nSPS) is 12.3. The standard InChI is InChI=1S/C21H19FN2OS/c1-15(17-4-3-13-23-14-17)24(2)21(25)12-10-19-9-11-20(26-19)16-5-7-18(22)8-6-16/h3-15H,1-2H3/b12-10-/t15-/m1/s1. The quantitative estimate of drug-likeness (QED) is 0.583. The zero-order valence-corrected chi connectivity index (χ0v) is 15.4. The summed E-state index contributed by atoms with van der Waals surface area (Å²) in [5.41, 5.74) is 1.95. The molecule has 2 heterocycles. The van der Waals surface area contributed by atoms with Gasteiger partial charge in [0.25, 0.3) is 0 Å². The molecule has 0 fully saturated rings. The van der Waals surface area contributed by atoms with E-state index in [4.69, 9.17) is 0 Å². The number of thiophene rings is 1. The minimum atomic E-state index is -0.248. The van der Waals surface area contributed by atoms with Crippen LogP contribution in [0.4, 0.5) is 4.39 Å². The summed E-state index contributed by atoms with van der Waals surface area (Å²) in [6.07, 6.45) is 6.87. The molecule has 0 aliphatic rings. The van der Waals surface area contributed by atoms with Gasteiger partial charge in [-0.25, -0.2) is 4.39 Å². The highest BCUT2D eigenvalue weighted by atomic mass is 32.1. The highest BCUT2D eigenvalue weighted by Crippen LogP contribution is 2.29. The fourth-order valence-corrected chi connectivity index (χ4v) is 3.44. The van der Waals surface area contributed by atoms with Crippen LogP contribution in [0.25, 0.3) is 16.5 Å². The molecule has 0 bridgehead atoms. The molecule has 0 aliphatic carbocycles. The van der Waals surface area contributed by atoms with Crippen molar-refractivity contribution in [3.05, 3.63) is 83.3 Å². The Kier molecular flexibility index (Phi) is 5.58. The molecule has 0 saturated carbocycles. The number of nitrogens with zero attached hydrogens (tertiary/aromatic N) is 2. The van der Waals surface area contributed by atoms with Gasteiger partial charge < -0.3 is 4.90 Å². The first-order valence-electron chi connectivity index (χ1n) is 8.25. The van der Waals surface area contributed by atoms with Crippen LogP contribution in [-0.2, 0) is 4.79 Å². The van der Waals surface area contributed by atoms with E-state index in [2.05, 4.69) is 4.98 Å². The molecule has 5 heteroatoms. The molecule has 0 radical (unpaired) electrons. The first-order valence-corrected chi connectivity index (χ1v) is 9.07. The van der Waals surface area contributed by atoms with Crippen molar-refractivity contribution in [1.82, 2.24) is 9.88 Å². The number of pyridine rings is 1. The second-order valence-electron chi connectivity index (χ2n) is 5.95. The largest absolute Gasteiger partial charge is 0.335 e. The maximum atomic E-state index is 13.0. The molecule has 0 saturated heterocycles. The van der Waals surface area contributed by atoms with Gasteiger partial charge >= 0.3 is 0 Å². The first kappa shape index (κ1) is 18.0. The van der Waals surface area contributed by atoms with Crippen molar-refractivity contribution in [2.24, 2.45) is 0 Å². The van der Waals surface area contributed by atoms with E-state index in [9.17, 15) is 9.18 Å². The van der Waals surface area contributed by atoms with E-state index in [1.807, 2.05) is 37.3 Å². The van der Waals surface area contributed by atoms with Crippen molar-refractivity contribution in [2.45, 2.75) is 13.0 Å². The SMILES string of the molecule is C[C@H](c1cccnc1)N(C)C(=O)/C=C\c1ccc(-c2ccc(F)cc2)s1. The number of benzene rings is 1. The third-order valence-corrected chi connectivity index (χ3v) is 5.34. The lowest BCUT2D eigenvalue weighted by molar-refractivity contribution is -0.126. The Morgan fingerprint density at radius 1 is 1.19 bits per heavy atom. The Balaban J connectivity index is 1.67. The molecule has 3 nitrogen and oxygen atoms in total. The van der Waals surface area contributed by atoms with E-state index in [1.54, 1.807) is 53.9 Å². The Morgan fingerprint density at radius 2 is 1.96 bits per heavy atom. The molecule has 3 aromatic rings. The average molecular weight is 366 g/mol. The summed E-state index contributed by atoms with van der Waals surface area (Å²) < 4.78 is 13.0. The van der Waals surface area contributed by atoms with Crippen molar-refractivity contribution in [2.75, 3.05) is 7.05 Å². The summed E-state index contributed by atoms with van der Waals surface area (Å²) in [5.74, 6) is -0.320. The maximum absolute atomic E-state index is 13.0. The van der Waals surface area contributed by atoms with Gasteiger partial charge in [-0.05, 0) is 54.5 Å². The van der Waals surface area contributed by atoms with Crippen LogP contribution in [0.2, 0.25) is 0 Å². The third kappa shape index (κ3) is 4.24. The molecule has 0 N–H and O–H groups in total. The van der Waals surface area contributed by atoms with Gasteiger partial charge in [-0.15, -0.1) is 11.3 Å². The van der Waals surface area contributed by atoms with Gasteiger partial charge in [-0.1, -0.05) is 18.2 Å². The second-order valence-corrected chi connectivity index (χ2v) is 7.07. The first-order chi connectivity index (χ1) is 12.5. The summed E-state index contributed by atoms with van der Waals surface area (Å²) in [6, 6.07) is 14.1. The zero-order chi connectivity index (χ0) is 18.5. The summed E-state index contributed by atoms with van der Waals surface area (Å²) in [5, 5.41) is 0. The number of carbonyl (C=O) groups excluding carboxylic acids is 1. The van der Waals surface area contributed by atoms with Gasteiger partial charge in [0.2, 0.25) is 5.91 Å². The Morgan fingerprint density at radius 3 is 2.65 bits per heavy atom. The Bertz CT molecular complexity index is 903. The summed E-state index contributed by atoms with van der Waals surface area (Å²) in [4.78, 5) is 20.2. The van der Waals surface area contributed by atoms with Crippen LogP contribution in [0, 0.1) is 5.82 Å². The number of hydrogen-bond acceptors (Lipinski definition) is 3. The van der Waals surface area contributed by atoms with Gasteiger partial charge in [0.15, 0.2) is 0 Å². The van der Waals surface area contributed by atoms with Crippen LogP contribution in [0.15, 0.2) is 67.0 Å². The molecule has 132 valence electrons. The highest BCUT2D eigenvalue weighted by molar-refractivity contribution is 7.16. The smallest absolute Gasteiger partial charge is 0.246 e. The monoisotopic (exact) mass is 366 g/mol. The molecular formula is C21H19FN2OS. The summed E-state index contributed by atoms with van der Waals surface area (Å²) >= 11 is 1.56. The molecule has 26 heavy (non-hydrogen) atoms. The number of hydrogen-bond donors (Lipinski definition) is 0. The predicted octanol–water partition coefficient (Wildman–Crippen LogP) is 5.18. The molecule has 1 atom stereocenters. The van der Waals surface area contributed by atoms with E-state index in [-0.39, 0.29) is 17.8 Å². The van der Waals surface area contributed by atoms with Crippen molar-refractivity contribution >= 4 is 23.3 Å². The van der Waals surface area contributed by atoms with E-state index in [0.717, 1.165) is 20.9 Å². The summed E-state index contributed by atoms with van der Waals surface area (Å²) in [6.45, 7) is 1.97. The molecule has 0 aliphatic heterocycles. The molecule has 1 aromatic carbocycles. The molecule has 0 unspecified atom stereocenters. The Labute approximate surface area is 156 Å². The predicted molar refractivity (Wildman–Crippen MR) is 104 cm³/mol. The van der Waals surface area contributed by atoms with Crippen LogP contribution < -0.4 is 0 Å². The van der Waals surface area contributed by atoms with Crippen LogP contribution in [0.1, 0.15) is 23.4 Å². The number of likely N-dealkylation sites (N-methyl/N-ethyl adjacent to an activating group) is 1. The fourth-order valence-electron chi connectivity index (χ4n) is 2.52. The van der Waals surface area contributed by atoms with Crippen molar-refractivity contribution in [3.8, 4) is 10.4 Å². The maximum Gasteiger partial charge on any atom is 0.246 e. The minimum Gasteiger partial charge on any atom is -0.335 e. The van der Waals surface area contributed by atoms with E-state index >= 15 is 0 Å². The number of rotatable bonds is 5. The van der Waals surface area contributed by atoms with E-state index in [0.29, 0.717) is 0 Å². The number of aromatic nitrogens is 1. The minimum absolute atomic E-state index is 0.0565. The van der Waals surface area contributed by atoms with Crippen LogP contribution >= 0.6 is 11.3 Å². The van der Waals surface area contributed by atoms with Crippen LogP contribution in [0.5, 0.6) is 0 Å². The van der Waals surface area contributed by atoms with Gasteiger partial charge in [0, 0.05) is 35.3 Å². The van der Waals surface area contributed by atoms with Gasteiger partial charge in [0.05, 0.1) is 6.04 Å². The Hall–Kier alpha value is -2.79. The van der Waals surface area contributed by atoms with E-state index < -0.39 is 0 Å². The number of amides is 1. The lowest BCUT2D eigenvalue weighted by Gasteiger charge is -2.23. The van der Waals surface area contributed by atoms with Crippen LogP contribution in [0.3, 0.4) is 0 Å². The molecule has 3 rings (SSSR count). The molecule has 0 spiro atoms. The second kappa shape index (κ2) is 8.06. The van der Waals surface area contributed by atoms with Gasteiger partial charge in [0.1, 0.15) is 5.82 Å². The van der Waals surface area contributed by atoms with Crippen molar-refractivity contribution in [3.63, 3.8) is 0 Å². The van der Waals surface area contributed by atoms with Gasteiger partial charge in [-0.3, -0.25) is 9.78 Å². The topological polar surface area (TPSA) is 33.2 Å². The molecular weight excluding hydrogens is 347 g/mol. The molecule has 1 amide bonds. The number of halogens is 1. The van der Waals surface area contributed by atoms with Crippen molar-refractivity contribution < 1.29 is 9.18 Å². The lowest BCUT2D eigenvalue weighted by Crippen LogP contribution is -2.28. The highest BCUT2D eigenvalue weighted by Gasteiger charge is 2.15. The zero-order valence-electron chi connectivity index (χ0n) is 14.6.